The van der Waals surface area contributed by atoms with Crippen LogP contribution in [-0.2, 0) is 6.18 Å². The second-order valence-corrected chi connectivity index (χ2v) is 3.69. The molecule has 0 saturated heterocycles. The minimum atomic E-state index is -4.52. The monoisotopic (exact) mass is 305 g/mol. The summed E-state index contributed by atoms with van der Waals surface area (Å²) in [5.41, 5.74) is 4.71. The minimum Gasteiger partial charge on any atom is -0.496 e. The van der Waals surface area contributed by atoms with E-state index in [0.717, 1.165) is 25.3 Å². The van der Waals surface area contributed by atoms with Crippen LogP contribution in [0.25, 0.3) is 0 Å². The van der Waals surface area contributed by atoms with Gasteiger partial charge in [0, 0.05) is 18.0 Å². The summed E-state index contributed by atoms with van der Waals surface area (Å²) in [7, 11) is 1.16. The zero-order chi connectivity index (χ0) is 13.9. The largest absolute Gasteiger partial charge is 0.496 e. The molecule has 1 aromatic rings. The van der Waals surface area contributed by atoms with E-state index >= 15 is 0 Å². The molecule has 8 heteroatoms. The molecule has 1 atom stereocenters. The van der Waals surface area contributed by atoms with Gasteiger partial charge in [0.25, 0.3) is 0 Å². The van der Waals surface area contributed by atoms with E-state index in [9.17, 15) is 22.0 Å². The Balaban J connectivity index is 0.00000324. The molecule has 0 aliphatic rings. The van der Waals surface area contributed by atoms with Gasteiger partial charge in [0.05, 0.1) is 12.7 Å². The number of hydrogen-bond donors (Lipinski definition) is 1. The van der Waals surface area contributed by atoms with Crippen molar-refractivity contribution in [3.8, 4) is 5.75 Å². The molecule has 0 saturated carbocycles. The number of hydrogen-bond acceptors (Lipinski definition) is 2. The lowest BCUT2D eigenvalue weighted by atomic mass is 10.0. The van der Waals surface area contributed by atoms with E-state index in [4.69, 9.17) is 10.5 Å². The van der Waals surface area contributed by atoms with E-state index < -0.39 is 30.6 Å². The van der Waals surface area contributed by atoms with Crippen LogP contribution in [0.4, 0.5) is 22.0 Å². The fourth-order valence-corrected chi connectivity index (χ4v) is 1.51. The lowest BCUT2D eigenvalue weighted by Crippen LogP contribution is -2.16. The number of nitrogens with two attached hydrogens (primary N) is 1. The van der Waals surface area contributed by atoms with Crippen molar-refractivity contribution in [2.24, 2.45) is 5.73 Å². The van der Waals surface area contributed by atoms with Crippen molar-refractivity contribution in [2.75, 3.05) is 7.11 Å². The minimum absolute atomic E-state index is 0. The van der Waals surface area contributed by atoms with Crippen molar-refractivity contribution >= 4 is 12.4 Å². The molecule has 1 aromatic carbocycles. The standard InChI is InChI=1S/C11H12F5NO.ClH/c1-18-9-4-6(11(14,15)16)2-3-7(9)8(17)5-10(12)13;/h2-4,8,10H,5,17H2,1H3;1H/t8-;/m1./s1. The molecule has 110 valence electrons. The lowest BCUT2D eigenvalue weighted by Gasteiger charge is -2.17. The van der Waals surface area contributed by atoms with Gasteiger partial charge < -0.3 is 10.5 Å². The molecule has 2 nitrogen and oxygen atoms in total. The molecule has 0 bridgehead atoms. The molecule has 0 spiro atoms. The highest BCUT2D eigenvalue weighted by atomic mass is 35.5. The normalized spacial score (nSPS) is 13.1. The Morgan fingerprint density at radius 1 is 1.26 bits per heavy atom. The number of alkyl halides is 5. The highest BCUT2D eigenvalue weighted by molar-refractivity contribution is 5.85. The average molecular weight is 306 g/mol. The quantitative estimate of drug-likeness (QED) is 0.859. The maximum absolute atomic E-state index is 12.4. The zero-order valence-corrected chi connectivity index (χ0v) is 10.7. The number of rotatable bonds is 4. The molecule has 1 rings (SSSR count). The van der Waals surface area contributed by atoms with E-state index in [2.05, 4.69) is 0 Å². The lowest BCUT2D eigenvalue weighted by molar-refractivity contribution is -0.137. The molecule has 0 aliphatic heterocycles. The molecule has 0 unspecified atom stereocenters. The van der Waals surface area contributed by atoms with Crippen molar-refractivity contribution in [3.05, 3.63) is 29.3 Å². The number of halogens is 6. The Morgan fingerprint density at radius 3 is 2.26 bits per heavy atom. The maximum atomic E-state index is 12.4. The SMILES string of the molecule is COc1cc(C(F)(F)F)ccc1[C@H](N)CC(F)F.Cl. The molecule has 0 fully saturated rings. The molecule has 2 N–H and O–H groups in total. The summed E-state index contributed by atoms with van der Waals surface area (Å²) in [6.07, 6.45) is -7.78. The number of benzene rings is 1. The number of methoxy groups -OCH3 is 1. The highest BCUT2D eigenvalue weighted by Gasteiger charge is 2.31. The van der Waals surface area contributed by atoms with Crippen LogP contribution in [0.5, 0.6) is 5.75 Å². The predicted octanol–water partition coefficient (Wildman–Crippen LogP) is 3.79. The van der Waals surface area contributed by atoms with Crippen LogP contribution < -0.4 is 10.5 Å². The van der Waals surface area contributed by atoms with Gasteiger partial charge in [-0.2, -0.15) is 13.2 Å². The fraction of sp³-hybridized carbons (Fsp3) is 0.455. The van der Waals surface area contributed by atoms with Gasteiger partial charge in [-0.05, 0) is 12.1 Å². The van der Waals surface area contributed by atoms with Crippen LogP contribution in [0.1, 0.15) is 23.6 Å². The van der Waals surface area contributed by atoms with Crippen molar-refractivity contribution < 1.29 is 26.7 Å². The molecule has 0 heterocycles. The highest BCUT2D eigenvalue weighted by Crippen LogP contribution is 2.35. The summed E-state index contributed by atoms with van der Waals surface area (Å²) in [6, 6.07) is 1.54. The second-order valence-electron chi connectivity index (χ2n) is 3.69. The summed E-state index contributed by atoms with van der Waals surface area (Å²) >= 11 is 0. The van der Waals surface area contributed by atoms with E-state index in [1.54, 1.807) is 0 Å². The summed E-state index contributed by atoms with van der Waals surface area (Å²) in [4.78, 5) is 0. The zero-order valence-electron chi connectivity index (χ0n) is 9.88. The molecule has 0 amide bonds. The number of ether oxygens (including phenoxy) is 1. The van der Waals surface area contributed by atoms with E-state index in [-0.39, 0.29) is 23.7 Å². The maximum Gasteiger partial charge on any atom is 0.416 e. The Hall–Kier alpha value is -1.08. The summed E-state index contributed by atoms with van der Waals surface area (Å²) in [5.74, 6) is -0.141. The predicted molar refractivity (Wildman–Crippen MR) is 62.8 cm³/mol. The van der Waals surface area contributed by atoms with Gasteiger partial charge in [-0.15, -0.1) is 12.4 Å². The molecular weight excluding hydrogens is 293 g/mol. The first-order chi connectivity index (χ1) is 8.25. The van der Waals surface area contributed by atoms with Crippen LogP contribution in [-0.4, -0.2) is 13.5 Å². The van der Waals surface area contributed by atoms with Gasteiger partial charge in [-0.1, -0.05) is 6.07 Å². The van der Waals surface area contributed by atoms with Gasteiger partial charge in [-0.25, -0.2) is 8.78 Å². The van der Waals surface area contributed by atoms with Crippen LogP contribution in [0.3, 0.4) is 0 Å². The summed E-state index contributed by atoms with van der Waals surface area (Å²) < 4.78 is 66.4. The van der Waals surface area contributed by atoms with Gasteiger partial charge in [0.15, 0.2) is 0 Å². The van der Waals surface area contributed by atoms with Crippen molar-refractivity contribution in [1.82, 2.24) is 0 Å². The summed E-state index contributed by atoms with van der Waals surface area (Å²) in [5, 5.41) is 0. The van der Waals surface area contributed by atoms with E-state index in [1.807, 2.05) is 0 Å². The summed E-state index contributed by atoms with van der Waals surface area (Å²) in [6.45, 7) is 0. The van der Waals surface area contributed by atoms with Crippen molar-refractivity contribution in [3.63, 3.8) is 0 Å². The molecule has 19 heavy (non-hydrogen) atoms. The Labute approximate surface area is 113 Å². The first kappa shape index (κ1) is 17.9. The van der Waals surface area contributed by atoms with Crippen molar-refractivity contribution in [1.29, 1.82) is 0 Å². The fourth-order valence-electron chi connectivity index (χ4n) is 1.51. The van der Waals surface area contributed by atoms with Crippen LogP contribution in [0.15, 0.2) is 18.2 Å². The van der Waals surface area contributed by atoms with Crippen LogP contribution in [0, 0.1) is 0 Å². The smallest absolute Gasteiger partial charge is 0.416 e. The molecule has 0 aromatic heterocycles. The molecular formula is C11H13ClF5NO. The van der Waals surface area contributed by atoms with Crippen LogP contribution in [0.2, 0.25) is 0 Å². The third-order valence-corrected chi connectivity index (χ3v) is 2.39. The van der Waals surface area contributed by atoms with Gasteiger partial charge >= 0.3 is 6.18 Å². The van der Waals surface area contributed by atoms with Gasteiger partial charge in [-0.3, -0.25) is 0 Å². The van der Waals surface area contributed by atoms with E-state index in [0.29, 0.717) is 0 Å². The second kappa shape index (κ2) is 6.91. The third kappa shape index (κ3) is 4.83. The van der Waals surface area contributed by atoms with Crippen LogP contribution >= 0.6 is 12.4 Å². The average Bonchev–Trinajstić information content (AvgIpc) is 2.26. The Morgan fingerprint density at radius 2 is 1.84 bits per heavy atom. The van der Waals surface area contributed by atoms with Gasteiger partial charge in [0.1, 0.15) is 5.75 Å². The molecule has 0 aliphatic carbocycles. The first-order valence-electron chi connectivity index (χ1n) is 5.04. The van der Waals surface area contributed by atoms with E-state index in [1.165, 1.54) is 0 Å². The van der Waals surface area contributed by atoms with Crippen molar-refractivity contribution in [2.45, 2.75) is 25.1 Å². The topological polar surface area (TPSA) is 35.2 Å². The van der Waals surface area contributed by atoms with Gasteiger partial charge in [0.2, 0.25) is 6.43 Å². The first-order valence-corrected chi connectivity index (χ1v) is 5.04. The Bertz CT molecular complexity index is 411. The molecule has 0 radical (unpaired) electrons. The third-order valence-electron chi connectivity index (χ3n) is 2.39. The Kier molecular flexibility index (Phi) is 6.51.